The van der Waals surface area contributed by atoms with Crippen molar-refractivity contribution < 1.29 is 4.79 Å². The van der Waals surface area contributed by atoms with Gasteiger partial charge in [-0.25, -0.2) is 0 Å². The van der Waals surface area contributed by atoms with Crippen LogP contribution in [0.2, 0.25) is 0 Å². The third kappa shape index (κ3) is 8.29. The second kappa shape index (κ2) is 16.6. The molecule has 2 N–H and O–H groups in total. The summed E-state index contributed by atoms with van der Waals surface area (Å²) in [6.07, 6.45) is 19.4. The zero-order valence-electron chi connectivity index (χ0n) is 29.2. The topological polar surface area (TPSA) is 51.0 Å². The van der Waals surface area contributed by atoms with Crippen LogP contribution in [0.4, 0.5) is 5.69 Å². The Labute approximate surface area is 288 Å². The van der Waals surface area contributed by atoms with E-state index in [2.05, 4.69) is 86.9 Å². The summed E-state index contributed by atoms with van der Waals surface area (Å²) in [5.41, 5.74) is 3.86. The van der Waals surface area contributed by atoms with Crippen molar-refractivity contribution in [1.82, 2.24) is 5.32 Å². The molecule has 1 aliphatic heterocycles. The lowest BCUT2D eigenvalue weighted by molar-refractivity contribution is -0.128. The largest absolute Gasteiger partial charge is 0.325 e. The maximum atomic E-state index is 14.1. The number of nitrogens with one attached hydrogen (secondary N) is 2. The van der Waals surface area contributed by atoms with Gasteiger partial charge in [0.05, 0.1) is 11.7 Å². The molecular weight excluding hydrogens is 601 g/mol. The Bertz CT molecular complexity index is 1290. The minimum Gasteiger partial charge on any atom is -0.325 e. The van der Waals surface area contributed by atoms with Crippen molar-refractivity contribution >= 4 is 33.2 Å². The third-order valence-corrected chi connectivity index (χ3v) is 14.5. The van der Waals surface area contributed by atoms with Gasteiger partial charge in [-0.1, -0.05) is 156 Å². The van der Waals surface area contributed by atoms with Gasteiger partial charge < -0.3 is 5.32 Å². The van der Waals surface area contributed by atoms with E-state index in [-0.39, 0.29) is 11.3 Å². The standard InChI is InChI=1S/C41H60N2OS2/c1-6-31(7-2)28-40(24-16-10-17-25-40)30(5)37-38(43-37)33-20-12-14-22-35(33)45-46-36-23-15-13-21-34(36)42-39(44)41(26-18-11-19-27-41)29-32(8-3)9-4/h12-15,20-23,31-32,37-38,43H,5-11,16-19,24-29H2,1-4H3,(H,42,44). The smallest absolute Gasteiger partial charge is 0.230 e. The van der Waals surface area contributed by atoms with Gasteiger partial charge in [0, 0.05) is 21.2 Å². The first-order valence-electron chi connectivity index (χ1n) is 18.7. The minimum atomic E-state index is -0.231. The average Bonchev–Trinajstić information content (AvgIpc) is 3.90. The molecule has 2 aliphatic carbocycles. The van der Waals surface area contributed by atoms with Crippen LogP contribution in [0.3, 0.4) is 0 Å². The van der Waals surface area contributed by atoms with Crippen LogP contribution >= 0.6 is 21.6 Å². The maximum Gasteiger partial charge on any atom is 0.230 e. The highest BCUT2D eigenvalue weighted by molar-refractivity contribution is 8.76. The molecule has 3 aliphatic rings. The van der Waals surface area contributed by atoms with Gasteiger partial charge in [0.15, 0.2) is 0 Å². The van der Waals surface area contributed by atoms with E-state index >= 15 is 0 Å². The van der Waals surface area contributed by atoms with Gasteiger partial charge in [0.2, 0.25) is 5.91 Å². The Kier molecular flexibility index (Phi) is 12.9. The van der Waals surface area contributed by atoms with Gasteiger partial charge in [-0.3, -0.25) is 10.1 Å². The number of amides is 1. The van der Waals surface area contributed by atoms with Crippen LogP contribution in [-0.2, 0) is 4.79 Å². The highest BCUT2D eigenvalue weighted by atomic mass is 33.1. The van der Waals surface area contributed by atoms with E-state index in [0.29, 0.717) is 23.4 Å². The lowest BCUT2D eigenvalue weighted by Crippen LogP contribution is -2.39. The third-order valence-electron chi connectivity index (χ3n) is 12.0. The van der Waals surface area contributed by atoms with Crippen LogP contribution < -0.4 is 10.6 Å². The molecule has 0 spiro atoms. The molecule has 5 heteroatoms. The maximum absolute atomic E-state index is 14.1. The number of anilines is 1. The monoisotopic (exact) mass is 660 g/mol. The summed E-state index contributed by atoms with van der Waals surface area (Å²) in [4.78, 5) is 16.5. The summed E-state index contributed by atoms with van der Waals surface area (Å²) in [6, 6.07) is 18.0. The zero-order chi connectivity index (χ0) is 32.6. The Hall–Kier alpha value is -1.69. The fraction of sp³-hybridized carbons (Fsp3) is 0.634. The second-order valence-corrected chi connectivity index (χ2v) is 17.0. The summed E-state index contributed by atoms with van der Waals surface area (Å²) < 4.78 is 0. The Morgan fingerprint density at radius 2 is 1.26 bits per heavy atom. The number of benzene rings is 2. The van der Waals surface area contributed by atoms with E-state index in [1.807, 2.05) is 10.8 Å². The van der Waals surface area contributed by atoms with Crippen molar-refractivity contribution in [2.45, 2.75) is 152 Å². The Balaban J connectivity index is 1.28. The summed E-state index contributed by atoms with van der Waals surface area (Å²) >= 11 is 0. The van der Waals surface area contributed by atoms with Gasteiger partial charge in [-0.05, 0) is 79.5 Å². The van der Waals surface area contributed by atoms with Crippen molar-refractivity contribution in [3.8, 4) is 0 Å². The van der Waals surface area contributed by atoms with Crippen LogP contribution in [0.25, 0.3) is 0 Å². The molecule has 1 saturated heterocycles. The van der Waals surface area contributed by atoms with Gasteiger partial charge >= 0.3 is 0 Å². The van der Waals surface area contributed by atoms with Crippen LogP contribution in [0.15, 0.2) is 70.5 Å². The van der Waals surface area contributed by atoms with Crippen molar-refractivity contribution in [1.29, 1.82) is 0 Å². The summed E-state index contributed by atoms with van der Waals surface area (Å²) in [7, 11) is 3.60. The number of carbonyl (C=O) groups excluding carboxylic acids is 1. The predicted octanol–water partition coefficient (Wildman–Crippen LogP) is 12.5. The molecule has 1 heterocycles. The van der Waals surface area contributed by atoms with Crippen molar-refractivity contribution in [2.24, 2.45) is 22.7 Å². The first kappa shape index (κ1) is 35.6. The molecule has 0 aromatic heterocycles. The van der Waals surface area contributed by atoms with E-state index in [1.54, 1.807) is 10.8 Å². The summed E-state index contributed by atoms with van der Waals surface area (Å²) in [5.74, 6) is 1.65. The van der Waals surface area contributed by atoms with Gasteiger partial charge in [-0.15, -0.1) is 0 Å². The fourth-order valence-electron chi connectivity index (χ4n) is 8.74. The van der Waals surface area contributed by atoms with Gasteiger partial charge in [0.1, 0.15) is 0 Å². The lowest BCUT2D eigenvalue weighted by atomic mass is 9.63. The lowest BCUT2D eigenvalue weighted by Gasteiger charge is -2.41. The molecular formula is C41H60N2OS2. The quantitative estimate of drug-likeness (QED) is 0.107. The van der Waals surface area contributed by atoms with Crippen LogP contribution in [0, 0.1) is 22.7 Å². The molecule has 2 unspecified atom stereocenters. The van der Waals surface area contributed by atoms with Crippen LogP contribution in [0.1, 0.15) is 142 Å². The Morgan fingerprint density at radius 3 is 1.87 bits per heavy atom. The summed E-state index contributed by atoms with van der Waals surface area (Å²) in [5, 5.41) is 7.33. The number of carbonyl (C=O) groups is 1. The zero-order valence-corrected chi connectivity index (χ0v) is 30.8. The van der Waals surface area contributed by atoms with Gasteiger partial charge in [-0.2, -0.15) is 0 Å². The summed E-state index contributed by atoms with van der Waals surface area (Å²) in [6.45, 7) is 14.1. The molecule has 2 saturated carbocycles. The van der Waals surface area contributed by atoms with E-state index in [4.69, 9.17) is 6.58 Å². The van der Waals surface area contributed by atoms with Crippen molar-refractivity contribution in [2.75, 3.05) is 5.32 Å². The molecule has 3 fully saturated rings. The van der Waals surface area contributed by atoms with Crippen molar-refractivity contribution in [3.63, 3.8) is 0 Å². The number of hydrogen-bond donors (Lipinski definition) is 2. The number of para-hydroxylation sites is 1. The first-order chi connectivity index (χ1) is 22.4. The molecule has 1 amide bonds. The molecule has 46 heavy (non-hydrogen) atoms. The average molecular weight is 661 g/mol. The SMILES string of the molecule is C=C(C1NC1c1ccccc1SSc1ccccc1NC(=O)C1(CC(CC)CC)CCCCC1)C1(CC(CC)CC)CCCCC1. The normalized spacial score (nSPS) is 22.1. The van der Waals surface area contributed by atoms with E-state index in [9.17, 15) is 4.79 Å². The minimum absolute atomic E-state index is 0.231. The first-order valence-corrected chi connectivity index (χ1v) is 20.8. The van der Waals surface area contributed by atoms with Gasteiger partial charge in [0.25, 0.3) is 0 Å². The van der Waals surface area contributed by atoms with E-state index in [0.717, 1.165) is 61.4 Å². The molecule has 3 nitrogen and oxygen atoms in total. The molecule has 0 bridgehead atoms. The molecule has 252 valence electrons. The molecule has 2 aromatic rings. The molecule has 2 aromatic carbocycles. The second-order valence-electron chi connectivity index (χ2n) is 14.8. The van der Waals surface area contributed by atoms with E-state index < -0.39 is 0 Å². The van der Waals surface area contributed by atoms with Crippen LogP contribution in [-0.4, -0.2) is 11.9 Å². The predicted molar refractivity (Wildman–Crippen MR) is 200 cm³/mol. The molecule has 0 radical (unpaired) electrons. The highest BCUT2D eigenvalue weighted by Gasteiger charge is 2.48. The highest BCUT2D eigenvalue weighted by Crippen LogP contribution is 2.54. The molecule has 2 atom stereocenters. The fourth-order valence-corrected chi connectivity index (χ4v) is 11.1. The molecule has 5 rings (SSSR count). The Morgan fingerprint density at radius 1 is 0.761 bits per heavy atom. The van der Waals surface area contributed by atoms with E-state index in [1.165, 1.54) is 73.8 Å². The van der Waals surface area contributed by atoms with Crippen LogP contribution in [0.5, 0.6) is 0 Å². The number of hydrogen-bond acceptors (Lipinski definition) is 4. The van der Waals surface area contributed by atoms with Crippen molar-refractivity contribution in [3.05, 3.63) is 66.2 Å². The number of rotatable bonds is 16.